The molecule has 1 aliphatic rings. The fourth-order valence-electron chi connectivity index (χ4n) is 5.53. The van der Waals surface area contributed by atoms with Gasteiger partial charge >= 0.3 is 0 Å². The summed E-state index contributed by atoms with van der Waals surface area (Å²) in [6.07, 6.45) is 5.65. The number of nitrogens with two attached hydrogens (primary N) is 1. The lowest BCUT2D eigenvalue weighted by Gasteiger charge is -2.38. The van der Waals surface area contributed by atoms with Crippen LogP contribution in [-0.2, 0) is 20.7 Å². The van der Waals surface area contributed by atoms with E-state index in [0.717, 1.165) is 49.8 Å². The smallest absolute Gasteiger partial charge is 0.226 e. The molecule has 8 nitrogen and oxygen atoms in total. The summed E-state index contributed by atoms with van der Waals surface area (Å²) in [7, 11) is 5.07. The maximum atomic E-state index is 13.1. The lowest BCUT2D eigenvalue weighted by molar-refractivity contribution is -0.134. The minimum absolute atomic E-state index is 0. The molecule has 40 heavy (non-hydrogen) atoms. The zero-order chi connectivity index (χ0) is 29.0. The third-order valence-electron chi connectivity index (χ3n) is 8.57. The molecule has 1 aliphatic carbocycles. The number of amides is 1. The molecule has 9 heteroatoms. The summed E-state index contributed by atoms with van der Waals surface area (Å²) in [5, 5.41) is 13.8. The van der Waals surface area contributed by atoms with Gasteiger partial charge in [0, 0.05) is 45.2 Å². The molecule has 1 aromatic rings. The second kappa shape index (κ2) is 18.1. The minimum Gasteiger partial charge on any atom is -0.493 e. The van der Waals surface area contributed by atoms with Crippen molar-refractivity contribution >= 4 is 18.3 Å². The summed E-state index contributed by atoms with van der Waals surface area (Å²) in [5.74, 6) is 2.33. The first-order chi connectivity index (χ1) is 18.5. The number of rotatable bonds is 17. The van der Waals surface area contributed by atoms with Crippen LogP contribution in [0.2, 0.25) is 0 Å². The number of halogens is 1. The van der Waals surface area contributed by atoms with Crippen LogP contribution in [0, 0.1) is 23.2 Å². The predicted molar refractivity (Wildman–Crippen MR) is 162 cm³/mol. The first-order valence-corrected chi connectivity index (χ1v) is 14.6. The second-order valence-corrected chi connectivity index (χ2v) is 12.0. The van der Waals surface area contributed by atoms with E-state index in [1.54, 1.807) is 21.3 Å². The Morgan fingerprint density at radius 3 is 2.35 bits per heavy atom. The molecule has 1 fully saturated rings. The molecule has 0 spiro atoms. The molecule has 3 atom stereocenters. The van der Waals surface area contributed by atoms with Crippen molar-refractivity contribution in [2.45, 2.75) is 90.9 Å². The minimum atomic E-state index is -0.814. The number of hydrogen-bond acceptors (Lipinski definition) is 7. The van der Waals surface area contributed by atoms with Gasteiger partial charge in [-0.1, -0.05) is 33.8 Å². The largest absolute Gasteiger partial charge is 0.493 e. The first-order valence-electron chi connectivity index (χ1n) is 14.6. The zero-order valence-electron chi connectivity index (χ0n) is 25.7. The highest BCUT2D eigenvalue weighted by atomic mass is 35.5. The van der Waals surface area contributed by atoms with Gasteiger partial charge in [-0.2, -0.15) is 0 Å². The highest BCUT2D eigenvalue weighted by Crippen LogP contribution is 2.39. The van der Waals surface area contributed by atoms with Crippen LogP contribution in [0.1, 0.15) is 71.8 Å². The number of aliphatic hydroxyl groups is 1. The van der Waals surface area contributed by atoms with E-state index in [9.17, 15) is 9.90 Å². The molecule has 4 N–H and O–H groups in total. The number of carbonyl (C=O) groups excluding carboxylic acids is 1. The molecule has 0 aromatic heterocycles. The Hall–Kier alpha value is -1.58. The summed E-state index contributed by atoms with van der Waals surface area (Å²) < 4.78 is 22.0. The van der Waals surface area contributed by atoms with E-state index in [1.807, 2.05) is 26.0 Å². The van der Waals surface area contributed by atoms with Crippen molar-refractivity contribution in [3.05, 3.63) is 23.8 Å². The van der Waals surface area contributed by atoms with Gasteiger partial charge in [0.05, 0.1) is 25.9 Å². The number of carbonyl (C=O) groups is 1. The maximum Gasteiger partial charge on any atom is 0.226 e. The average molecular weight is 587 g/mol. The van der Waals surface area contributed by atoms with Gasteiger partial charge in [-0.05, 0) is 74.0 Å². The van der Waals surface area contributed by atoms with Crippen LogP contribution in [-0.4, -0.2) is 70.4 Å². The van der Waals surface area contributed by atoms with Gasteiger partial charge in [-0.15, -0.1) is 12.4 Å². The molecule has 1 aromatic carbocycles. The van der Waals surface area contributed by atoms with Crippen LogP contribution in [0.15, 0.2) is 18.2 Å². The van der Waals surface area contributed by atoms with E-state index in [2.05, 4.69) is 25.2 Å². The number of hydrogen-bond donors (Lipinski definition) is 3. The summed E-state index contributed by atoms with van der Waals surface area (Å²) in [5.41, 5.74) is 7.11. The molecule has 0 radical (unpaired) electrons. The Morgan fingerprint density at radius 1 is 1.10 bits per heavy atom. The third-order valence-corrected chi connectivity index (χ3v) is 8.57. The summed E-state index contributed by atoms with van der Waals surface area (Å²) in [4.78, 5) is 13.1. The average Bonchev–Trinajstić information content (AvgIpc) is 2.93. The van der Waals surface area contributed by atoms with Crippen molar-refractivity contribution in [3.63, 3.8) is 0 Å². The standard InChI is InChI=1S/C31H54N2O6.ClH/c1-21(2)23(17-22-9-14-28(38-7)29(18-22)39-16-8-15-36-5)19-26(32)27(34)20-33-30(35)31(3,4)24-10-12-25(37-6)13-11-24;/h9,14,18,21,23-27,34H,8,10-13,15-17,19-20,32H2,1-7H3,(H,33,35);1H. The Kier molecular flexibility index (Phi) is 16.5. The van der Waals surface area contributed by atoms with E-state index in [-0.39, 0.29) is 30.8 Å². The van der Waals surface area contributed by atoms with Crippen LogP contribution in [0.25, 0.3) is 0 Å². The molecule has 2 rings (SSSR count). The van der Waals surface area contributed by atoms with Gasteiger partial charge in [-0.25, -0.2) is 0 Å². The molecule has 3 unspecified atom stereocenters. The van der Waals surface area contributed by atoms with Crippen LogP contribution in [0.4, 0.5) is 0 Å². The Labute approximate surface area is 248 Å². The van der Waals surface area contributed by atoms with Gasteiger partial charge in [0.25, 0.3) is 0 Å². The molecule has 0 aliphatic heterocycles. The molecule has 1 amide bonds. The quantitative estimate of drug-likeness (QED) is 0.225. The van der Waals surface area contributed by atoms with E-state index in [1.165, 1.54) is 0 Å². The normalized spacial score (nSPS) is 19.9. The van der Waals surface area contributed by atoms with Crippen LogP contribution >= 0.6 is 12.4 Å². The predicted octanol–water partition coefficient (Wildman–Crippen LogP) is 4.77. The van der Waals surface area contributed by atoms with Crippen molar-refractivity contribution in [1.29, 1.82) is 0 Å². The van der Waals surface area contributed by atoms with Gasteiger partial charge in [0.2, 0.25) is 5.91 Å². The van der Waals surface area contributed by atoms with Crippen molar-refractivity contribution < 1.29 is 28.8 Å². The molecular weight excluding hydrogens is 532 g/mol. The monoisotopic (exact) mass is 586 g/mol. The first kappa shape index (κ1) is 36.4. The number of ether oxygens (including phenoxy) is 4. The molecule has 0 saturated heterocycles. The lowest BCUT2D eigenvalue weighted by atomic mass is 9.70. The highest BCUT2D eigenvalue weighted by molar-refractivity contribution is 5.85. The fraction of sp³-hybridized carbons (Fsp3) is 0.774. The van der Waals surface area contributed by atoms with Gasteiger partial charge < -0.3 is 35.1 Å². The molecule has 232 valence electrons. The van der Waals surface area contributed by atoms with E-state index >= 15 is 0 Å². The van der Waals surface area contributed by atoms with Crippen molar-refractivity contribution in [3.8, 4) is 11.5 Å². The third kappa shape index (κ3) is 11.0. The number of methoxy groups -OCH3 is 3. The Morgan fingerprint density at radius 2 is 1.77 bits per heavy atom. The van der Waals surface area contributed by atoms with Gasteiger partial charge in [-0.3, -0.25) is 4.79 Å². The van der Waals surface area contributed by atoms with E-state index in [0.29, 0.717) is 43.3 Å². The highest BCUT2D eigenvalue weighted by Gasteiger charge is 2.39. The van der Waals surface area contributed by atoms with Crippen molar-refractivity contribution in [2.24, 2.45) is 28.9 Å². The van der Waals surface area contributed by atoms with Crippen molar-refractivity contribution in [2.75, 3.05) is 41.1 Å². The second-order valence-electron chi connectivity index (χ2n) is 12.0. The van der Waals surface area contributed by atoms with Gasteiger partial charge in [0.15, 0.2) is 11.5 Å². The summed E-state index contributed by atoms with van der Waals surface area (Å²) in [6, 6.07) is 5.58. The molecular formula is C31H55ClN2O6. The Bertz CT molecular complexity index is 860. The van der Waals surface area contributed by atoms with E-state index < -0.39 is 17.6 Å². The molecule has 1 saturated carbocycles. The number of benzene rings is 1. The summed E-state index contributed by atoms with van der Waals surface area (Å²) in [6.45, 7) is 9.72. The number of aliphatic hydroxyl groups excluding tert-OH is 1. The van der Waals surface area contributed by atoms with Crippen LogP contribution < -0.4 is 20.5 Å². The van der Waals surface area contributed by atoms with Crippen LogP contribution in [0.3, 0.4) is 0 Å². The fourth-order valence-corrected chi connectivity index (χ4v) is 5.53. The van der Waals surface area contributed by atoms with Gasteiger partial charge in [0.1, 0.15) is 0 Å². The molecule has 0 bridgehead atoms. The topological polar surface area (TPSA) is 112 Å². The van der Waals surface area contributed by atoms with E-state index in [4.69, 9.17) is 24.7 Å². The summed E-state index contributed by atoms with van der Waals surface area (Å²) >= 11 is 0. The van der Waals surface area contributed by atoms with Crippen molar-refractivity contribution in [1.82, 2.24) is 5.32 Å². The zero-order valence-corrected chi connectivity index (χ0v) is 26.6. The SMILES string of the molecule is COCCCOc1cc(CC(CC(N)C(O)CNC(=O)C(C)(C)C2CCC(OC)CC2)C(C)C)ccc1OC.Cl. The lowest BCUT2D eigenvalue weighted by Crippen LogP contribution is -2.49. The van der Waals surface area contributed by atoms with Crippen LogP contribution in [0.5, 0.6) is 11.5 Å². The molecule has 0 heterocycles. The maximum absolute atomic E-state index is 13.1. The Balaban J connectivity index is 0.00000800. The number of nitrogens with one attached hydrogen (secondary N) is 1.